The van der Waals surface area contributed by atoms with Crippen molar-refractivity contribution in [2.75, 3.05) is 0 Å². The van der Waals surface area contributed by atoms with Crippen LogP contribution in [0, 0.1) is 0 Å². The normalized spacial score (nSPS) is 23.1. The second-order valence-corrected chi connectivity index (χ2v) is 6.54. The van der Waals surface area contributed by atoms with Crippen molar-refractivity contribution in [3.63, 3.8) is 0 Å². The number of hydrogen-bond acceptors (Lipinski definition) is 5. The number of halogens is 3. The van der Waals surface area contributed by atoms with Crippen LogP contribution < -0.4 is 5.32 Å². The van der Waals surface area contributed by atoms with E-state index >= 15 is 0 Å². The smallest absolute Gasteiger partial charge is 0.490 e. The molecular formula is C17H22F3NO5. The Morgan fingerprint density at radius 3 is 2.23 bits per heavy atom. The van der Waals surface area contributed by atoms with Gasteiger partial charge in [0.2, 0.25) is 0 Å². The molecule has 1 fully saturated rings. The predicted molar refractivity (Wildman–Crippen MR) is 85.9 cm³/mol. The maximum absolute atomic E-state index is 10.6. The lowest BCUT2D eigenvalue weighted by Crippen LogP contribution is -2.43. The number of aliphatic hydroxyl groups excluding tert-OH is 1. The molecule has 0 aromatic heterocycles. The summed E-state index contributed by atoms with van der Waals surface area (Å²) in [6.07, 6.45) is 0.722. The van der Waals surface area contributed by atoms with Crippen LogP contribution in [0.4, 0.5) is 13.2 Å². The number of fused-ring (bicyclic) bond motifs is 1. The standard InChI is InChI=1S/C15H21NO3.C2HF3O2/c17-13-8-6-10-11(15(13)19)5-7-12(14(10)18)16-9-3-1-2-4-9;3-2(4,5)1(6)7/h6,8-9,12,14,16-19H,1-5,7H2;(H,6,7). The van der Waals surface area contributed by atoms with E-state index in [2.05, 4.69) is 5.32 Å². The van der Waals surface area contributed by atoms with Crippen LogP contribution in [-0.4, -0.2) is 44.7 Å². The maximum Gasteiger partial charge on any atom is 0.490 e. The predicted octanol–water partition coefficient (Wildman–Crippen LogP) is 2.61. The zero-order valence-electron chi connectivity index (χ0n) is 14.0. The molecule has 0 saturated heterocycles. The molecule has 1 saturated carbocycles. The number of carboxylic acid groups (broad SMARTS) is 1. The van der Waals surface area contributed by atoms with Crippen LogP contribution >= 0.6 is 0 Å². The van der Waals surface area contributed by atoms with Crippen LogP contribution in [0.1, 0.15) is 49.3 Å². The molecule has 2 aliphatic rings. The highest BCUT2D eigenvalue weighted by Gasteiger charge is 2.38. The van der Waals surface area contributed by atoms with Crippen LogP contribution in [0.5, 0.6) is 11.5 Å². The lowest BCUT2D eigenvalue weighted by atomic mass is 9.84. The number of phenolic OH excluding ortho intramolecular Hbond substituents is 2. The molecule has 5 N–H and O–H groups in total. The lowest BCUT2D eigenvalue weighted by molar-refractivity contribution is -0.192. The van der Waals surface area contributed by atoms with Gasteiger partial charge in [-0.05, 0) is 37.3 Å². The number of alkyl halides is 3. The molecule has 26 heavy (non-hydrogen) atoms. The summed E-state index contributed by atoms with van der Waals surface area (Å²) in [6.45, 7) is 0. The first kappa shape index (κ1) is 20.3. The van der Waals surface area contributed by atoms with E-state index in [-0.39, 0.29) is 17.5 Å². The van der Waals surface area contributed by atoms with E-state index < -0.39 is 18.2 Å². The highest BCUT2D eigenvalue weighted by molar-refractivity contribution is 5.73. The van der Waals surface area contributed by atoms with Crippen LogP contribution in [0.2, 0.25) is 0 Å². The van der Waals surface area contributed by atoms with Gasteiger partial charge in [-0.15, -0.1) is 0 Å². The highest BCUT2D eigenvalue weighted by Crippen LogP contribution is 2.40. The molecule has 146 valence electrons. The molecule has 2 aliphatic carbocycles. The lowest BCUT2D eigenvalue weighted by Gasteiger charge is -2.33. The molecule has 1 aromatic carbocycles. The quantitative estimate of drug-likeness (QED) is 0.507. The summed E-state index contributed by atoms with van der Waals surface area (Å²) in [4.78, 5) is 8.90. The minimum Gasteiger partial charge on any atom is -0.504 e. The highest BCUT2D eigenvalue weighted by atomic mass is 19.4. The number of carboxylic acids is 1. The zero-order chi connectivity index (χ0) is 19.5. The number of aliphatic carboxylic acids is 1. The first-order chi connectivity index (χ1) is 12.1. The Hall–Kier alpha value is -2.00. The van der Waals surface area contributed by atoms with Crippen LogP contribution in [0.25, 0.3) is 0 Å². The summed E-state index contributed by atoms with van der Waals surface area (Å²) >= 11 is 0. The number of aliphatic hydroxyl groups is 1. The van der Waals surface area contributed by atoms with E-state index in [0.717, 1.165) is 12.0 Å². The summed E-state index contributed by atoms with van der Waals surface area (Å²) in [7, 11) is 0. The van der Waals surface area contributed by atoms with E-state index in [1.54, 1.807) is 6.07 Å². The van der Waals surface area contributed by atoms with Crippen molar-refractivity contribution < 1.29 is 38.4 Å². The molecule has 9 heteroatoms. The minimum atomic E-state index is -5.08. The Labute approximate surface area is 148 Å². The fraction of sp³-hybridized carbons (Fsp3) is 0.588. The molecule has 0 spiro atoms. The van der Waals surface area contributed by atoms with Gasteiger partial charge in [-0.3, -0.25) is 0 Å². The molecule has 0 aliphatic heterocycles. The van der Waals surface area contributed by atoms with E-state index in [0.29, 0.717) is 18.0 Å². The Morgan fingerprint density at radius 2 is 1.69 bits per heavy atom. The molecule has 0 radical (unpaired) electrons. The number of carbonyl (C=O) groups is 1. The number of nitrogens with one attached hydrogen (secondary N) is 1. The molecule has 0 amide bonds. The average Bonchev–Trinajstić information content (AvgIpc) is 3.06. The summed E-state index contributed by atoms with van der Waals surface area (Å²) in [6, 6.07) is 3.75. The molecule has 2 atom stereocenters. The maximum atomic E-state index is 10.6. The SMILES string of the molecule is O=C(O)C(F)(F)F.Oc1ccc2c(c1O)CCC(NC1CCCC1)C2O. The van der Waals surface area contributed by atoms with Crippen molar-refractivity contribution in [3.8, 4) is 11.5 Å². The van der Waals surface area contributed by atoms with Crippen molar-refractivity contribution in [2.24, 2.45) is 0 Å². The van der Waals surface area contributed by atoms with Crippen molar-refractivity contribution in [1.82, 2.24) is 5.32 Å². The Kier molecular flexibility index (Phi) is 6.35. The molecule has 6 nitrogen and oxygen atoms in total. The first-order valence-corrected chi connectivity index (χ1v) is 8.39. The van der Waals surface area contributed by atoms with Gasteiger partial charge < -0.3 is 25.7 Å². The third-order valence-electron chi connectivity index (χ3n) is 4.75. The van der Waals surface area contributed by atoms with Gasteiger partial charge in [0, 0.05) is 17.6 Å². The van der Waals surface area contributed by atoms with Gasteiger partial charge in [-0.1, -0.05) is 18.9 Å². The summed E-state index contributed by atoms with van der Waals surface area (Å²) in [5, 5.41) is 40.5. The second kappa shape index (κ2) is 8.13. The second-order valence-electron chi connectivity index (χ2n) is 6.54. The van der Waals surface area contributed by atoms with Gasteiger partial charge in [0.15, 0.2) is 11.5 Å². The molecule has 2 unspecified atom stereocenters. The number of benzene rings is 1. The van der Waals surface area contributed by atoms with Crippen LogP contribution in [0.3, 0.4) is 0 Å². The van der Waals surface area contributed by atoms with Gasteiger partial charge in [-0.25, -0.2) is 4.79 Å². The van der Waals surface area contributed by atoms with Gasteiger partial charge in [0.25, 0.3) is 0 Å². The van der Waals surface area contributed by atoms with E-state index in [9.17, 15) is 28.5 Å². The van der Waals surface area contributed by atoms with Gasteiger partial charge in [0.1, 0.15) is 0 Å². The summed E-state index contributed by atoms with van der Waals surface area (Å²) in [5.41, 5.74) is 1.44. The fourth-order valence-electron chi connectivity index (χ4n) is 3.42. The van der Waals surface area contributed by atoms with E-state index in [1.165, 1.54) is 31.7 Å². The van der Waals surface area contributed by atoms with E-state index in [4.69, 9.17) is 9.90 Å². The van der Waals surface area contributed by atoms with E-state index in [1.807, 2.05) is 0 Å². The topological polar surface area (TPSA) is 110 Å². The Bertz CT molecular complexity index is 644. The summed E-state index contributed by atoms with van der Waals surface area (Å²) in [5.74, 6) is -2.93. The molecule has 1 aromatic rings. The van der Waals surface area contributed by atoms with Gasteiger partial charge in [-0.2, -0.15) is 13.2 Å². The molecule has 0 bridgehead atoms. The number of phenols is 2. The molecular weight excluding hydrogens is 355 g/mol. The Balaban J connectivity index is 0.000000298. The largest absolute Gasteiger partial charge is 0.504 e. The third kappa shape index (κ3) is 4.79. The van der Waals surface area contributed by atoms with Crippen molar-refractivity contribution in [1.29, 1.82) is 0 Å². The monoisotopic (exact) mass is 377 g/mol. The minimum absolute atomic E-state index is 0.0551. The average molecular weight is 377 g/mol. The number of aromatic hydroxyl groups is 2. The third-order valence-corrected chi connectivity index (χ3v) is 4.75. The fourth-order valence-corrected chi connectivity index (χ4v) is 3.42. The number of hydrogen-bond donors (Lipinski definition) is 5. The van der Waals surface area contributed by atoms with Gasteiger partial charge in [0.05, 0.1) is 6.10 Å². The Morgan fingerprint density at radius 1 is 1.12 bits per heavy atom. The van der Waals surface area contributed by atoms with Crippen molar-refractivity contribution in [3.05, 3.63) is 23.3 Å². The van der Waals surface area contributed by atoms with Crippen LogP contribution in [0.15, 0.2) is 12.1 Å². The van der Waals surface area contributed by atoms with Crippen molar-refractivity contribution >= 4 is 5.97 Å². The van der Waals surface area contributed by atoms with Crippen LogP contribution in [-0.2, 0) is 11.2 Å². The molecule has 3 rings (SSSR count). The molecule has 0 heterocycles. The zero-order valence-corrected chi connectivity index (χ0v) is 14.0. The number of rotatable bonds is 2. The first-order valence-electron chi connectivity index (χ1n) is 8.39. The summed E-state index contributed by atoms with van der Waals surface area (Å²) < 4.78 is 31.7. The van der Waals surface area contributed by atoms with Crippen molar-refractivity contribution in [2.45, 2.75) is 62.9 Å². The van der Waals surface area contributed by atoms with Gasteiger partial charge >= 0.3 is 12.1 Å².